The van der Waals surface area contributed by atoms with Crippen molar-refractivity contribution in [1.82, 2.24) is 15.1 Å². The first-order chi connectivity index (χ1) is 12.8. The maximum absolute atomic E-state index is 12.6. The third-order valence-electron chi connectivity index (χ3n) is 4.64. The van der Waals surface area contributed by atoms with Crippen LogP contribution in [-0.4, -0.2) is 66.3 Å². The standard InChI is InChI=1S/C19H27ClN4O3.ClH/c1-13(2)17(21)18(26)22-12-16(25)23-7-4-8-24(10-9-23)19(27)14-5-3-6-15(20)11-14;/h3,5-6,11,13,17H,4,7-10,12,21H2,1-2H3,(H,22,26);1H/t17-;/m0./s1. The Balaban J connectivity index is 0.00000392. The Bertz CT molecular complexity index is 700. The van der Waals surface area contributed by atoms with Crippen LogP contribution in [0.25, 0.3) is 0 Å². The lowest BCUT2D eigenvalue weighted by molar-refractivity contribution is -0.133. The maximum atomic E-state index is 12.6. The molecule has 1 atom stereocenters. The first-order valence-corrected chi connectivity index (χ1v) is 9.53. The van der Waals surface area contributed by atoms with Gasteiger partial charge in [-0.25, -0.2) is 0 Å². The van der Waals surface area contributed by atoms with Crippen LogP contribution in [0.2, 0.25) is 5.02 Å². The first kappa shape index (κ1) is 24.2. The van der Waals surface area contributed by atoms with Crippen molar-refractivity contribution in [2.75, 3.05) is 32.7 Å². The van der Waals surface area contributed by atoms with Gasteiger partial charge in [0.1, 0.15) is 0 Å². The maximum Gasteiger partial charge on any atom is 0.253 e. The summed E-state index contributed by atoms with van der Waals surface area (Å²) < 4.78 is 0. The molecular weight excluding hydrogens is 403 g/mol. The highest BCUT2D eigenvalue weighted by atomic mass is 35.5. The largest absolute Gasteiger partial charge is 0.346 e. The van der Waals surface area contributed by atoms with Crippen LogP contribution in [0.15, 0.2) is 24.3 Å². The SMILES string of the molecule is CC(C)[C@H](N)C(=O)NCC(=O)N1CCCN(C(=O)c2cccc(Cl)c2)CC1.Cl. The van der Waals surface area contributed by atoms with Crippen LogP contribution in [0.1, 0.15) is 30.6 Å². The molecule has 7 nitrogen and oxygen atoms in total. The molecular formula is C19H28Cl2N4O3. The molecule has 1 saturated heterocycles. The highest BCUT2D eigenvalue weighted by molar-refractivity contribution is 6.30. The molecule has 0 unspecified atom stereocenters. The van der Waals surface area contributed by atoms with Gasteiger partial charge in [0.15, 0.2) is 0 Å². The molecule has 9 heteroatoms. The van der Waals surface area contributed by atoms with Crippen LogP contribution in [0.4, 0.5) is 0 Å². The molecule has 1 aromatic carbocycles. The number of rotatable bonds is 5. The lowest BCUT2D eigenvalue weighted by Crippen LogP contribution is -2.48. The topological polar surface area (TPSA) is 95.7 Å². The van der Waals surface area contributed by atoms with Gasteiger partial charge in [-0.1, -0.05) is 31.5 Å². The van der Waals surface area contributed by atoms with E-state index in [1.807, 2.05) is 13.8 Å². The van der Waals surface area contributed by atoms with E-state index in [2.05, 4.69) is 5.32 Å². The van der Waals surface area contributed by atoms with E-state index in [9.17, 15) is 14.4 Å². The van der Waals surface area contributed by atoms with Crippen molar-refractivity contribution in [3.63, 3.8) is 0 Å². The van der Waals surface area contributed by atoms with Crippen LogP contribution < -0.4 is 11.1 Å². The second-order valence-corrected chi connectivity index (χ2v) is 7.46. The molecule has 1 fully saturated rings. The fourth-order valence-corrected chi connectivity index (χ4v) is 3.06. The lowest BCUT2D eigenvalue weighted by Gasteiger charge is -2.23. The minimum Gasteiger partial charge on any atom is -0.346 e. The molecule has 3 N–H and O–H groups in total. The quantitative estimate of drug-likeness (QED) is 0.739. The number of benzene rings is 1. The smallest absolute Gasteiger partial charge is 0.253 e. The van der Waals surface area contributed by atoms with Crippen LogP contribution in [0.3, 0.4) is 0 Å². The molecule has 1 aromatic rings. The Kier molecular flexibility index (Phi) is 9.72. The summed E-state index contributed by atoms with van der Waals surface area (Å²) >= 11 is 5.96. The normalized spacial score (nSPS) is 15.5. The molecule has 1 aliphatic heterocycles. The Morgan fingerprint density at radius 3 is 2.43 bits per heavy atom. The highest BCUT2D eigenvalue weighted by Crippen LogP contribution is 2.14. The Labute approximate surface area is 177 Å². The van der Waals surface area contributed by atoms with E-state index >= 15 is 0 Å². The van der Waals surface area contributed by atoms with Gasteiger partial charge in [0.25, 0.3) is 5.91 Å². The van der Waals surface area contributed by atoms with E-state index in [4.69, 9.17) is 17.3 Å². The zero-order valence-electron chi connectivity index (χ0n) is 16.2. The zero-order valence-corrected chi connectivity index (χ0v) is 17.8. The van der Waals surface area contributed by atoms with Gasteiger partial charge in [-0.3, -0.25) is 14.4 Å². The van der Waals surface area contributed by atoms with Crippen LogP contribution in [0, 0.1) is 5.92 Å². The highest BCUT2D eigenvalue weighted by Gasteiger charge is 2.24. The first-order valence-electron chi connectivity index (χ1n) is 9.15. The number of carbonyl (C=O) groups excluding carboxylic acids is 3. The van der Waals surface area contributed by atoms with E-state index in [1.54, 1.807) is 34.1 Å². The van der Waals surface area contributed by atoms with Crippen molar-refractivity contribution in [3.8, 4) is 0 Å². The van der Waals surface area contributed by atoms with Gasteiger partial charge >= 0.3 is 0 Å². The van der Waals surface area contributed by atoms with Crippen molar-refractivity contribution in [2.24, 2.45) is 11.7 Å². The van der Waals surface area contributed by atoms with Gasteiger partial charge in [0.2, 0.25) is 11.8 Å². The predicted octanol–water partition coefficient (Wildman–Crippen LogP) is 1.54. The lowest BCUT2D eigenvalue weighted by atomic mass is 10.1. The summed E-state index contributed by atoms with van der Waals surface area (Å²) in [6.45, 7) is 5.61. The minimum absolute atomic E-state index is 0. The van der Waals surface area contributed by atoms with Crippen LogP contribution in [-0.2, 0) is 9.59 Å². The van der Waals surface area contributed by atoms with Crippen molar-refractivity contribution < 1.29 is 14.4 Å². The number of nitrogens with zero attached hydrogens (tertiary/aromatic N) is 2. The number of nitrogens with two attached hydrogens (primary N) is 1. The van der Waals surface area contributed by atoms with Crippen LogP contribution in [0.5, 0.6) is 0 Å². The fourth-order valence-electron chi connectivity index (χ4n) is 2.87. The van der Waals surface area contributed by atoms with Crippen molar-refractivity contribution in [3.05, 3.63) is 34.9 Å². The van der Waals surface area contributed by atoms with E-state index in [1.165, 1.54) is 0 Å². The van der Waals surface area contributed by atoms with E-state index in [-0.39, 0.29) is 42.6 Å². The zero-order chi connectivity index (χ0) is 20.0. The monoisotopic (exact) mass is 430 g/mol. The number of hydrogen-bond donors (Lipinski definition) is 2. The average molecular weight is 431 g/mol. The third kappa shape index (κ3) is 6.65. The van der Waals surface area contributed by atoms with Gasteiger partial charge < -0.3 is 20.9 Å². The Morgan fingerprint density at radius 2 is 1.79 bits per heavy atom. The summed E-state index contributed by atoms with van der Waals surface area (Å²) in [6.07, 6.45) is 0.678. The second kappa shape index (κ2) is 11.2. The Hall–Kier alpha value is -1.83. The van der Waals surface area contributed by atoms with Gasteiger partial charge in [-0.2, -0.15) is 0 Å². The predicted molar refractivity (Wildman–Crippen MR) is 112 cm³/mol. The van der Waals surface area contributed by atoms with Gasteiger partial charge in [0, 0.05) is 36.8 Å². The van der Waals surface area contributed by atoms with E-state index in [0.29, 0.717) is 43.2 Å². The summed E-state index contributed by atoms with van der Waals surface area (Å²) in [5, 5.41) is 3.11. The third-order valence-corrected chi connectivity index (χ3v) is 4.88. The Morgan fingerprint density at radius 1 is 1.14 bits per heavy atom. The van der Waals surface area contributed by atoms with Gasteiger partial charge in [0.05, 0.1) is 12.6 Å². The molecule has 0 spiro atoms. The summed E-state index contributed by atoms with van der Waals surface area (Å²) in [5.74, 6) is -0.588. The molecule has 2 rings (SSSR count). The number of nitrogens with one attached hydrogen (secondary N) is 1. The summed E-state index contributed by atoms with van der Waals surface area (Å²) in [7, 11) is 0. The second-order valence-electron chi connectivity index (χ2n) is 7.02. The molecule has 0 bridgehead atoms. The average Bonchev–Trinajstić information content (AvgIpc) is 2.90. The number of halogens is 2. The number of amides is 3. The molecule has 1 heterocycles. The molecule has 3 amide bonds. The molecule has 0 radical (unpaired) electrons. The minimum atomic E-state index is -0.632. The van der Waals surface area contributed by atoms with Crippen molar-refractivity contribution in [2.45, 2.75) is 26.3 Å². The molecule has 0 aliphatic carbocycles. The van der Waals surface area contributed by atoms with E-state index < -0.39 is 6.04 Å². The summed E-state index contributed by atoms with van der Waals surface area (Å²) in [6, 6.07) is 6.21. The van der Waals surface area contributed by atoms with Gasteiger partial charge in [-0.05, 0) is 30.5 Å². The number of hydrogen-bond acceptors (Lipinski definition) is 4. The van der Waals surface area contributed by atoms with E-state index in [0.717, 1.165) is 0 Å². The van der Waals surface area contributed by atoms with Crippen molar-refractivity contribution >= 4 is 41.7 Å². The van der Waals surface area contributed by atoms with Crippen LogP contribution >= 0.6 is 24.0 Å². The number of carbonyl (C=O) groups is 3. The molecule has 28 heavy (non-hydrogen) atoms. The molecule has 0 aromatic heterocycles. The summed E-state index contributed by atoms with van der Waals surface area (Å²) in [4.78, 5) is 40.3. The molecule has 156 valence electrons. The molecule has 1 aliphatic rings. The van der Waals surface area contributed by atoms with Crippen molar-refractivity contribution in [1.29, 1.82) is 0 Å². The van der Waals surface area contributed by atoms with Gasteiger partial charge in [-0.15, -0.1) is 12.4 Å². The molecule has 0 saturated carbocycles. The summed E-state index contributed by atoms with van der Waals surface area (Å²) in [5.41, 5.74) is 6.32. The fraction of sp³-hybridized carbons (Fsp3) is 0.526.